The molecule has 2 N–H and O–H groups in total. The van der Waals surface area contributed by atoms with Crippen LogP contribution in [0.2, 0.25) is 0 Å². The average molecular weight is 251 g/mol. The Morgan fingerprint density at radius 2 is 2.00 bits per heavy atom. The quantitative estimate of drug-likeness (QED) is 0.819. The number of nitrogens with two attached hydrogens (primary N) is 1. The smallest absolute Gasteiger partial charge is 0.143 e. The maximum Gasteiger partial charge on any atom is 0.143 e. The number of thioether (sulfide) groups is 1. The van der Waals surface area contributed by atoms with Gasteiger partial charge in [-0.25, -0.2) is 0 Å². The summed E-state index contributed by atoms with van der Waals surface area (Å²) >= 11 is 1.91. The van der Waals surface area contributed by atoms with Gasteiger partial charge in [-0.05, 0) is 38.8 Å². The van der Waals surface area contributed by atoms with Gasteiger partial charge < -0.3 is 10.5 Å². The van der Waals surface area contributed by atoms with Crippen LogP contribution in [-0.2, 0) is 0 Å². The molecule has 2 nitrogen and oxygen atoms in total. The maximum atomic E-state index is 6.16. The van der Waals surface area contributed by atoms with E-state index in [4.69, 9.17) is 10.5 Å². The van der Waals surface area contributed by atoms with Crippen LogP contribution >= 0.6 is 11.8 Å². The number of hydrogen-bond acceptors (Lipinski definition) is 3. The summed E-state index contributed by atoms with van der Waals surface area (Å²) in [6.07, 6.45) is 5.53. The Morgan fingerprint density at radius 1 is 1.29 bits per heavy atom. The summed E-state index contributed by atoms with van der Waals surface area (Å²) in [5.41, 5.74) is 6.97. The fourth-order valence-corrected chi connectivity index (χ4v) is 3.48. The van der Waals surface area contributed by atoms with E-state index in [9.17, 15) is 0 Å². The summed E-state index contributed by atoms with van der Waals surface area (Å²) in [4.78, 5) is 1.18. The first-order chi connectivity index (χ1) is 8.16. The molecule has 1 aliphatic rings. The molecule has 0 unspecified atom stereocenters. The van der Waals surface area contributed by atoms with Crippen LogP contribution in [0.3, 0.4) is 0 Å². The lowest BCUT2D eigenvalue weighted by Crippen LogP contribution is -2.08. The van der Waals surface area contributed by atoms with Gasteiger partial charge in [-0.15, -0.1) is 11.8 Å². The lowest BCUT2D eigenvalue weighted by molar-refractivity contribution is 0.243. The SMILES string of the molecule is CC(C)Oc1cccc(SC2CCCC2)c1N. The van der Waals surface area contributed by atoms with Crippen molar-refractivity contribution in [2.75, 3.05) is 5.73 Å². The van der Waals surface area contributed by atoms with Gasteiger partial charge in [0, 0.05) is 10.1 Å². The number of nitrogen functional groups attached to an aromatic ring is 1. The zero-order chi connectivity index (χ0) is 12.3. The van der Waals surface area contributed by atoms with E-state index < -0.39 is 0 Å². The molecule has 1 aliphatic carbocycles. The van der Waals surface area contributed by atoms with E-state index >= 15 is 0 Å². The fourth-order valence-electron chi connectivity index (χ4n) is 2.17. The van der Waals surface area contributed by atoms with Gasteiger partial charge in [0.05, 0.1) is 11.8 Å². The number of para-hydroxylation sites is 1. The number of benzene rings is 1. The summed E-state index contributed by atoms with van der Waals surface area (Å²) in [6, 6.07) is 6.09. The Labute approximate surface area is 108 Å². The van der Waals surface area contributed by atoms with Gasteiger partial charge in [-0.2, -0.15) is 0 Å². The number of ether oxygens (including phenoxy) is 1. The third kappa shape index (κ3) is 3.32. The van der Waals surface area contributed by atoms with Crippen LogP contribution in [-0.4, -0.2) is 11.4 Å². The molecular formula is C14H21NOS. The molecule has 0 aliphatic heterocycles. The molecule has 17 heavy (non-hydrogen) atoms. The minimum absolute atomic E-state index is 0.170. The molecule has 2 rings (SSSR count). The van der Waals surface area contributed by atoms with Crippen LogP contribution in [0.5, 0.6) is 5.75 Å². The van der Waals surface area contributed by atoms with Crippen molar-refractivity contribution in [2.45, 2.75) is 55.8 Å². The molecule has 0 atom stereocenters. The van der Waals surface area contributed by atoms with Crippen LogP contribution in [0.4, 0.5) is 5.69 Å². The van der Waals surface area contributed by atoms with Crippen molar-refractivity contribution >= 4 is 17.4 Å². The predicted molar refractivity (Wildman–Crippen MR) is 74.7 cm³/mol. The molecule has 0 bridgehead atoms. The van der Waals surface area contributed by atoms with Crippen LogP contribution in [0, 0.1) is 0 Å². The van der Waals surface area contributed by atoms with Crippen molar-refractivity contribution < 1.29 is 4.74 Å². The fraction of sp³-hybridized carbons (Fsp3) is 0.571. The lowest BCUT2D eigenvalue weighted by Gasteiger charge is -2.16. The molecule has 0 heterocycles. The maximum absolute atomic E-state index is 6.16. The molecule has 0 saturated heterocycles. The Kier molecular flexibility index (Phi) is 4.21. The molecule has 0 aromatic heterocycles. The van der Waals surface area contributed by atoms with E-state index in [1.54, 1.807) is 0 Å². The third-order valence-electron chi connectivity index (χ3n) is 2.98. The van der Waals surface area contributed by atoms with E-state index in [2.05, 4.69) is 6.07 Å². The second-order valence-electron chi connectivity index (χ2n) is 4.86. The number of rotatable bonds is 4. The number of hydrogen-bond donors (Lipinski definition) is 1. The third-order valence-corrected chi connectivity index (χ3v) is 4.40. The molecule has 1 fully saturated rings. The van der Waals surface area contributed by atoms with E-state index in [0.29, 0.717) is 0 Å². The molecule has 94 valence electrons. The average Bonchev–Trinajstić information content (AvgIpc) is 2.76. The molecule has 1 aromatic carbocycles. The molecular weight excluding hydrogens is 230 g/mol. The van der Waals surface area contributed by atoms with Gasteiger partial charge in [0.15, 0.2) is 0 Å². The van der Waals surface area contributed by atoms with Crippen molar-refractivity contribution in [1.82, 2.24) is 0 Å². The zero-order valence-corrected chi connectivity index (χ0v) is 11.4. The van der Waals surface area contributed by atoms with E-state index in [0.717, 1.165) is 16.7 Å². The van der Waals surface area contributed by atoms with Crippen molar-refractivity contribution in [3.8, 4) is 5.75 Å². The molecule has 1 saturated carbocycles. The van der Waals surface area contributed by atoms with Crippen molar-refractivity contribution in [3.63, 3.8) is 0 Å². The van der Waals surface area contributed by atoms with Crippen molar-refractivity contribution in [1.29, 1.82) is 0 Å². The Balaban J connectivity index is 2.10. The van der Waals surface area contributed by atoms with Gasteiger partial charge in [-0.3, -0.25) is 0 Å². The Bertz CT molecular complexity index is 372. The topological polar surface area (TPSA) is 35.2 Å². The Hall–Kier alpha value is -0.830. The second kappa shape index (κ2) is 5.67. The van der Waals surface area contributed by atoms with E-state index in [1.807, 2.05) is 37.7 Å². The Morgan fingerprint density at radius 3 is 2.65 bits per heavy atom. The molecule has 0 spiro atoms. The highest BCUT2D eigenvalue weighted by Crippen LogP contribution is 2.40. The normalized spacial score (nSPS) is 16.6. The van der Waals surface area contributed by atoms with Crippen LogP contribution in [0.25, 0.3) is 0 Å². The van der Waals surface area contributed by atoms with Crippen LogP contribution < -0.4 is 10.5 Å². The van der Waals surface area contributed by atoms with E-state index in [-0.39, 0.29) is 6.10 Å². The van der Waals surface area contributed by atoms with E-state index in [1.165, 1.54) is 30.6 Å². The lowest BCUT2D eigenvalue weighted by atomic mass is 10.3. The first kappa shape index (κ1) is 12.6. The number of anilines is 1. The summed E-state index contributed by atoms with van der Waals surface area (Å²) in [6.45, 7) is 4.05. The highest BCUT2D eigenvalue weighted by atomic mass is 32.2. The minimum Gasteiger partial charge on any atom is -0.489 e. The zero-order valence-electron chi connectivity index (χ0n) is 10.6. The van der Waals surface area contributed by atoms with Gasteiger partial charge >= 0.3 is 0 Å². The summed E-state index contributed by atoms with van der Waals surface area (Å²) in [7, 11) is 0. The van der Waals surface area contributed by atoms with Gasteiger partial charge in [0.2, 0.25) is 0 Å². The summed E-state index contributed by atoms with van der Waals surface area (Å²) in [5.74, 6) is 0.822. The first-order valence-electron chi connectivity index (χ1n) is 6.38. The molecule has 1 aromatic rings. The van der Waals surface area contributed by atoms with Gasteiger partial charge in [0.25, 0.3) is 0 Å². The summed E-state index contributed by atoms with van der Waals surface area (Å²) in [5, 5.41) is 0.742. The highest BCUT2D eigenvalue weighted by Gasteiger charge is 2.18. The predicted octanol–water partition coefficient (Wildman–Crippen LogP) is 4.09. The molecule has 3 heteroatoms. The first-order valence-corrected chi connectivity index (χ1v) is 7.26. The minimum atomic E-state index is 0.170. The molecule has 0 radical (unpaired) electrons. The summed E-state index contributed by atoms with van der Waals surface area (Å²) < 4.78 is 5.71. The molecule has 0 amide bonds. The second-order valence-corrected chi connectivity index (χ2v) is 6.20. The van der Waals surface area contributed by atoms with Crippen molar-refractivity contribution in [2.24, 2.45) is 0 Å². The standard InChI is InChI=1S/C14H21NOS/c1-10(2)16-12-8-5-9-13(14(12)15)17-11-6-3-4-7-11/h5,8-11H,3-4,6-7,15H2,1-2H3. The van der Waals surface area contributed by atoms with Crippen LogP contribution in [0.15, 0.2) is 23.1 Å². The van der Waals surface area contributed by atoms with Crippen LogP contribution in [0.1, 0.15) is 39.5 Å². The monoisotopic (exact) mass is 251 g/mol. The van der Waals surface area contributed by atoms with Gasteiger partial charge in [0.1, 0.15) is 5.75 Å². The largest absolute Gasteiger partial charge is 0.489 e. The highest BCUT2D eigenvalue weighted by molar-refractivity contribution is 8.00. The van der Waals surface area contributed by atoms with Crippen molar-refractivity contribution in [3.05, 3.63) is 18.2 Å². The van der Waals surface area contributed by atoms with Gasteiger partial charge in [-0.1, -0.05) is 18.9 Å².